The number of anilines is 1. The summed E-state index contributed by atoms with van der Waals surface area (Å²) in [6.45, 7) is 4.04. The predicted molar refractivity (Wildman–Crippen MR) is 118 cm³/mol. The Morgan fingerprint density at radius 1 is 1.16 bits per heavy atom. The summed E-state index contributed by atoms with van der Waals surface area (Å²) in [6.07, 6.45) is 8.65. The first-order valence-electron chi connectivity index (χ1n) is 11.6. The molecule has 170 valence electrons. The number of amides is 2. The zero-order chi connectivity index (χ0) is 22.5. The molecule has 1 aromatic rings. The maximum Gasteiger partial charge on any atom is 0.313 e. The Morgan fingerprint density at radius 3 is 2.59 bits per heavy atom. The van der Waals surface area contributed by atoms with Crippen LogP contribution in [0.3, 0.4) is 0 Å². The minimum absolute atomic E-state index is 0.129. The molecule has 5 rings (SSSR count). The number of fused-ring (bicyclic) bond motifs is 1. The predicted octanol–water partition coefficient (Wildman–Crippen LogP) is 2.58. The number of hydrogen-bond donors (Lipinski definition) is 1. The van der Waals surface area contributed by atoms with Crippen molar-refractivity contribution in [3.05, 3.63) is 41.5 Å². The van der Waals surface area contributed by atoms with Crippen molar-refractivity contribution in [2.45, 2.75) is 63.7 Å². The SMILES string of the molecule is Cc1cc(C)cc(N2C[C@@]34C=C[C@@H](O3)[C@H](C(=O)OCC(=O)NC3CCCCC3)[C@H]4C2=O)c1. The Hall–Kier alpha value is -2.67. The summed E-state index contributed by atoms with van der Waals surface area (Å²) in [5.74, 6) is -2.32. The van der Waals surface area contributed by atoms with Gasteiger partial charge in [0.15, 0.2) is 6.61 Å². The number of nitrogens with zero attached hydrogens (tertiary/aromatic N) is 1. The molecule has 2 amide bonds. The van der Waals surface area contributed by atoms with Crippen LogP contribution < -0.4 is 10.2 Å². The van der Waals surface area contributed by atoms with Gasteiger partial charge in [-0.2, -0.15) is 0 Å². The highest BCUT2D eigenvalue weighted by atomic mass is 16.6. The van der Waals surface area contributed by atoms with Gasteiger partial charge in [-0.05, 0) is 49.9 Å². The number of aryl methyl sites for hydroxylation is 2. The van der Waals surface area contributed by atoms with E-state index in [1.54, 1.807) is 4.90 Å². The summed E-state index contributed by atoms with van der Waals surface area (Å²) >= 11 is 0. The van der Waals surface area contributed by atoms with Crippen molar-refractivity contribution in [1.29, 1.82) is 0 Å². The quantitative estimate of drug-likeness (QED) is 0.564. The first-order chi connectivity index (χ1) is 15.4. The Labute approximate surface area is 188 Å². The average molecular weight is 439 g/mol. The van der Waals surface area contributed by atoms with E-state index in [0.29, 0.717) is 6.54 Å². The van der Waals surface area contributed by atoms with Crippen LogP contribution in [0, 0.1) is 25.7 Å². The molecule has 2 bridgehead atoms. The van der Waals surface area contributed by atoms with Gasteiger partial charge in [-0.3, -0.25) is 14.4 Å². The van der Waals surface area contributed by atoms with Crippen LogP contribution >= 0.6 is 0 Å². The van der Waals surface area contributed by atoms with E-state index in [-0.39, 0.29) is 24.5 Å². The molecule has 4 aliphatic rings. The largest absolute Gasteiger partial charge is 0.455 e. The molecule has 7 heteroatoms. The minimum Gasteiger partial charge on any atom is -0.455 e. The number of ether oxygens (including phenoxy) is 2. The molecule has 1 spiro atoms. The van der Waals surface area contributed by atoms with Crippen LogP contribution in [-0.2, 0) is 23.9 Å². The molecule has 3 aliphatic heterocycles. The highest BCUT2D eigenvalue weighted by Gasteiger charge is 2.67. The van der Waals surface area contributed by atoms with Gasteiger partial charge in [0.25, 0.3) is 5.91 Å². The van der Waals surface area contributed by atoms with Crippen LogP contribution in [-0.4, -0.2) is 48.7 Å². The molecule has 3 fully saturated rings. The van der Waals surface area contributed by atoms with Crippen molar-refractivity contribution in [2.75, 3.05) is 18.1 Å². The first kappa shape index (κ1) is 21.2. The summed E-state index contributed by atoms with van der Waals surface area (Å²) in [5.41, 5.74) is 2.15. The molecule has 4 atom stereocenters. The fourth-order valence-electron chi connectivity index (χ4n) is 5.84. The van der Waals surface area contributed by atoms with Gasteiger partial charge >= 0.3 is 5.97 Å². The van der Waals surface area contributed by atoms with Gasteiger partial charge in [-0.1, -0.05) is 37.5 Å². The molecule has 0 radical (unpaired) electrons. The maximum absolute atomic E-state index is 13.4. The summed E-state index contributed by atoms with van der Waals surface area (Å²) in [5, 5.41) is 2.96. The number of nitrogens with one attached hydrogen (secondary N) is 1. The van der Waals surface area contributed by atoms with E-state index in [1.165, 1.54) is 6.42 Å². The van der Waals surface area contributed by atoms with Crippen molar-refractivity contribution < 1.29 is 23.9 Å². The molecule has 1 saturated carbocycles. The van der Waals surface area contributed by atoms with E-state index in [9.17, 15) is 14.4 Å². The lowest BCUT2D eigenvalue weighted by Gasteiger charge is -2.24. The van der Waals surface area contributed by atoms with E-state index >= 15 is 0 Å². The second-order valence-electron chi connectivity index (χ2n) is 9.68. The smallest absolute Gasteiger partial charge is 0.313 e. The van der Waals surface area contributed by atoms with Gasteiger partial charge in [0, 0.05) is 11.7 Å². The van der Waals surface area contributed by atoms with Crippen molar-refractivity contribution >= 4 is 23.5 Å². The van der Waals surface area contributed by atoms with E-state index in [2.05, 4.69) is 11.4 Å². The third-order valence-corrected chi connectivity index (χ3v) is 7.21. The van der Waals surface area contributed by atoms with Crippen molar-refractivity contribution in [3.63, 3.8) is 0 Å². The molecule has 1 aliphatic carbocycles. The lowest BCUT2D eigenvalue weighted by molar-refractivity contribution is -0.155. The molecule has 3 heterocycles. The number of esters is 1. The molecular formula is C25H30N2O5. The Morgan fingerprint density at radius 2 is 1.88 bits per heavy atom. The van der Waals surface area contributed by atoms with Crippen LogP contribution in [0.1, 0.15) is 43.2 Å². The second-order valence-corrected chi connectivity index (χ2v) is 9.68. The Bertz CT molecular complexity index is 962. The molecular weight excluding hydrogens is 408 g/mol. The fourth-order valence-corrected chi connectivity index (χ4v) is 5.84. The fraction of sp³-hybridized carbons (Fsp3) is 0.560. The maximum atomic E-state index is 13.4. The monoisotopic (exact) mass is 438 g/mol. The first-order valence-corrected chi connectivity index (χ1v) is 11.6. The molecule has 0 aromatic heterocycles. The highest BCUT2D eigenvalue weighted by molar-refractivity contribution is 6.02. The number of carbonyl (C=O) groups excluding carboxylic acids is 3. The van der Waals surface area contributed by atoms with Gasteiger partial charge in [-0.25, -0.2) is 0 Å². The molecule has 7 nitrogen and oxygen atoms in total. The zero-order valence-electron chi connectivity index (χ0n) is 18.6. The van der Waals surface area contributed by atoms with Gasteiger partial charge in [-0.15, -0.1) is 0 Å². The number of carbonyl (C=O) groups is 3. The standard InChI is InChI=1S/C25H30N2O5/c1-15-10-16(2)12-18(11-15)27-14-25-9-8-19(32-25)21(22(25)23(27)29)24(30)31-13-20(28)26-17-6-4-3-5-7-17/h8-12,17,19,21-22H,3-7,13-14H2,1-2H3,(H,26,28)/t19-,21+,22+,25-/m1/s1. The van der Waals surface area contributed by atoms with E-state index in [0.717, 1.165) is 42.5 Å². The average Bonchev–Trinajstić information content (AvgIpc) is 3.40. The second kappa shape index (κ2) is 8.03. The van der Waals surface area contributed by atoms with Crippen molar-refractivity contribution in [3.8, 4) is 0 Å². The zero-order valence-corrected chi connectivity index (χ0v) is 18.6. The van der Waals surface area contributed by atoms with Gasteiger partial charge < -0.3 is 19.7 Å². The lowest BCUT2D eigenvalue weighted by Crippen LogP contribution is -2.42. The van der Waals surface area contributed by atoms with Crippen LogP contribution in [0.15, 0.2) is 30.4 Å². The van der Waals surface area contributed by atoms with E-state index in [1.807, 2.05) is 38.1 Å². The van der Waals surface area contributed by atoms with Gasteiger partial charge in [0.1, 0.15) is 11.5 Å². The molecule has 2 saturated heterocycles. The lowest BCUT2D eigenvalue weighted by atomic mass is 9.77. The number of rotatable bonds is 5. The van der Waals surface area contributed by atoms with Crippen LogP contribution in [0.5, 0.6) is 0 Å². The topological polar surface area (TPSA) is 84.9 Å². The molecule has 1 aromatic carbocycles. The third-order valence-electron chi connectivity index (χ3n) is 7.21. The van der Waals surface area contributed by atoms with Crippen molar-refractivity contribution in [1.82, 2.24) is 5.32 Å². The summed E-state index contributed by atoms with van der Waals surface area (Å²) < 4.78 is 11.5. The normalized spacial score (nSPS) is 31.1. The number of benzene rings is 1. The minimum atomic E-state index is -0.812. The Kier molecular flexibility index (Phi) is 5.32. The summed E-state index contributed by atoms with van der Waals surface area (Å²) in [4.78, 5) is 40.4. The number of hydrogen-bond acceptors (Lipinski definition) is 5. The highest BCUT2D eigenvalue weighted by Crippen LogP contribution is 2.53. The van der Waals surface area contributed by atoms with E-state index in [4.69, 9.17) is 9.47 Å². The van der Waals surface area contributed by atoms with Crippen LogP contribution in [0.25, 0.3) is 0 Å². The van der Waals surface area contributed by atoms with Crippen molar-refractivity contribution in [2.24, 2.45) is 11.8 Å². The summed E-state index contributed by atoms with van der Waals surface area (Å²) in [6, 6.07) is 6.17. The summed E-state index contributed by atoms with van der Waals surface area (Å²) in [7, 11) is 0. The molecule has 1 N–H and O–H groups in total. The van der Waals surface area contributed by atoms with Gasteiger partial charge in [0.2, 0.25) is 5.91 Å². The van der Waals surface area contributed by atoms with E-state index < -0.39 is 29.5 Å². The molecule has 32 heavy (non-hydrogen) atoms. The van der Waals surface area contributed by atoms with Gasteiger partial charge in [0.05, 0.1) is 18.6 Å². The molecule has 0 unspecified atom stereocenters. The third kappa shape index (κ3) is 3.62. The Balaban J connectivity index is 1.27. The van der Waals surface area contributed by atoms with Crippen LogP contribution in [0.2, 0.25) is 0 Å². The van der Waals surface area contributed by atoms with Crippen LogP contribution in [0.4, 0.5) is 5.69 Å².